The molecule has 0 aliphatic carbocycles. The van der Waals surface area contributed by atoms with E-state index in [0.29, 0.717) is 17.3 Å². The number of rotatable bonds is 7. The summed E-state index contributed by atoms with van der Waals surface area (Å²) in [6.45, 7) is 3.54. The van der Waals surface area contributed by atoms with Crippen molar-refractivity contribution in [2.45, 2.75) is 26.2 Å². The fourth-order valence-electron chi connectivity index (χ4n) is 3.88. The van der Waals surface area contributed by atoms with Gasteiger partial charge >= 0.3 is 0 Å². The number of anilines is 2. The summed E-state index contributed by atoms with van der Waals surface area (Å²) in [7, 11) is -3.85. The fraction of sp³-hybridized carbons (Fsp3) is 0.304. The number of benzene rings is 2. The van der Waals surface area contributed by atoms with Crippen molar-refractivity contribution < 1.29 is 22.0 Å². The molecule has 1 aliphatic heterocycles. The summed E-state index contributed by atoms with van der Waals surface area (Å²) in [5.74, 6) is -3.02. The minimum absolute atomic E-state index is 0.157. The molecule has 1 N–H and O–H groups in total. The van der Waals surface area contributed by atoms with Crippen LogP contribution in [0, 0.1) is 11.6 Å². The first kappa shape index (κ1) is 22.1. The van der Waals surface area contributed by atoms with Crippen molar-refractivity contribution in [2.75, 3.05) is 28.5 Å². The molecular weight excluding hydrogens is 436 g/mol. The highest BCUT2D eigenvalue weighted by molar-refractivity contribution is 7.92. The molecule has 0 amide bonds. The number of fused-ring (bicyclic) bond motifs is 1. The van der Waals surface area contributed by atoms with Gasteiger partial charge in [-0.2, -0.15) is 0 Å². The maximum Gasteiger partial charge on any atom is 0.232 e. The van der Waals surface area contributed by atoms with Gasteiger partial charge < -0.3 is 4.90 Å². The maximum absolute atomic E-state index is 15.0. The van der Waals surface area contributed by atoms with Crippen LogP contribution in [0.1, 0.15) is 42.1 Å². The summed E-state index contributed by atoms with van der Waals surface area (Å²) in [6.07, 6.45) is 4.32. The first-order valence-corrected chi connectivity index (χ1v) is 12.1. The van der Waals surface area contributed by atoms with Crippen LogP contribution >= 0.6 is 0 Å². The molecule has 0 bridgehead atoms. The van der Waals surface area contributed by atoms with Crippen LogP contribution in [-0.4, -0.2) is 38.0 Å². The number of nitrogens with one attached hydrogen (secondary N) is 1. The molecule has 0 radical (unpaired) electrons. The van der Waals surface area contributed by atoms with Crippen molar-refractivity contribution in [3.05, 3.63) is 65.4 Å². The number of carbonyl (C=O) groups is 1. The first-order valence-electron chi connectivity index (χ1n) is 10.5. The third-order valence-electron chi connectivity index (χ3n) is 5.42. The number of hydrogen-bond donors (Lipinski definition) is 1. The highest BCUT2D eigenvalue weighted by Gasteiger charge is 2.22. The lowest BCUT2D eigenvalue weighted by atomic mass is 10.00. The van der Waals surface area contributed by atoms with Crippen molar-refractivity contribution in [3.63, 3.8) is 0 Å². The molecule has 1 aromatic heterocycles. The Morgan fingerprint density at radius 1 is 1.12 bits per heavy atom. The Hall–Kier alpha value is -3.07. The van der Waals surface area contributed by atoms with Gasteiger partial charge in [-0.25, -0.2) is 17.2 Å². The lowest BCUT2D eigenvalue weighted by Gasteiger charge is -2.17. The van der Waals surface area contributed by atoms with E-state index >= 15 is 4.39 Å². The zero-order valence-corrected chi connectivity index (χ0v) is 18.4. The zero-order chi connectivity index (χ0) is 22.9. The van der Waals surface area contributed by atoms with E-state index in [9.17, 15) is 17.6 Å². The van der Waals surface area contributed by atoms with E-state index in [0.717, 1.165) is 43.8 Å². The number of carbonyl (C=O) groups excluding carboxylic acids is 1. The highest BCUT2D eigenvalue weighted by atomic mass is 32.2. The highest BCUT2D eigenvalue weighted by Crippen LogP contribution is 2.27. The largest absolute Gasteiger partial charge is 0.370 e. The number of nitrogens with zero attached hydrogens (tertiary/aromatic N) is 2. The number of ketones is 1. The molecule has 2 aromatic carbocycles. The van der Waals surface area contributed by atoms with Gasteiger partial charge in [-0.05, 0) is 49.6 Å². The normalized spacial score (nSPS) is 14.2. The van der Waals surface area contributed by atoms with Crippen LogP contribution in [0.25, 0.3) is 10.9 Å². The Labute approximate surface area is 185 Å². The molecule has 0 atom stereocenters. The summed E-state index contributed by atoms with van der Waals surface area (Å²) in [6, 6.07) is 8.17. The molecule has 6 nitrogen and oxygen atoms in total. The Kier molecular flexibility index (Phi) is 6.10. The molecule has 3 aromatic rings. The standard InChI is InChI=1S/C23H23F2N3O3S/c1-2-9-32(30,31)27-21-13-17(24)12-19(22(21)25)23(29)15-5-6-20-16(10-15)11-18(14-26-20)28-7-3-4-8-28/h5-6,10-14,27H,2-4,7-9H2,1H3. The van der Waals surface area contributed by atoms with Gasteiger partial charge in [0.15, 0.2) is 11.6 Å². The van der Waals surface area contributed by atoms with E-state index in [1.807, 2.05) is 10.8 Å². The summed E-state index contributed by atoms with van der Waals surface area (Å²) in [5, 5.41) is 0.709. The second kappa shape index (κ2) is 8.82. The quantitative estimate of drug-likeness (QED) is 0.527. The summed E-state index contributed by atoms with van der Waals surface area (Å²) < 4.78 is 55.2. The number of sulfonamides is 1. The topological polar surface area (TPSA) is 79.4 Å². The van der Waals surface area contributed by atoms with Gasteiger partial charge in [0.25, 0.3) is 0 Å². The third-order valence-corrected chi connectivity index (χ3v) is 6.90. The molecular formula is C23H23F2N3O3S. The summed E-state index contributed by atoms with van der Waals surface area (Å²) in [5.41, 5.74) is 0.661. The van der Waals surface area contributed by atoms with Crippen molar-refractivity contribution >= 4 is 38.1 Å². The smallest absolute Gasteiger partial charge is 0.232 e. The second-order valence-electron chi connectivity index (χ2n) is 7.86. The molecule has 1 aliphatic rings. The Bertz CT molecular complexity index is 1290. The van der Waals surface area contributed by atoms with E-state index in [1.165, 1.54) is 6.07 Å². The number of hydrogen-bond acceptors (Lipinski definition) is 5. The number of aromatic nitrogens is 1. The molecule has 168 valence electrons. The molecule has 0 unspecified atom stereocenters. The van der Waals surface area contributed by atoms with Crippen LogP contribution in [-0.2, 0) is 10.0 Å². The Morgan fingerprint density at radius 3 is 2.59 bits per heavy atom. The number of halogens is 2. The van der Waals surface area contributed by atoms with Crippen LogP contribution in [0.15, 0.2) is 42.6 Å². The van der Waals surface area contributed by atoms with Crippen LogP contribution < -0.4 is 9.62 Å². The SMILES string of the molecule is CCCS(=O)(=O)Nc1cc(F)cc(C(=O)c2ccc3ncc(N4CCCC4)cc3c2)c1F. The van der Waals surface area contributed by atoms with E-state index in [1.54, 1.807) is 25.3 Å². The van der Waals surface area contributed by atoms with Gasteiger partial charge in [-0.15, -0.1) is 0 Å². The van der Waals surface area contributed by atoms with Gasteiger partial charge in [0.05, 0.1) is 34.4 Å². The molecule has 2 heterocycles. The first-order chi connectivity index (χ1) is 15.3. The van der Waals surface area contributed by atoms with E-state index in [4.69, 9.17) is 0 Å². The molecule has 0 saturated carbocycles. The molecule has 4 rings (SSSR count). The lowest BCUT2D eigenvalue weighted by Crippen LogP contribution is -2.18. The predicted molar refractivity (Wildman–Crippen MR) is 121 cm³/mol. The zero-order valence-electron chi connectivity index (χ0n) is 17.6. The Morgan fingerprint density at radius 2 is 1.88 bits per heavy atom. The van der Waals surface area contributed by atoms with Crippen molar-refractivity contribution in [1.82, 2.24) is 4.98 Å². The Balaban J connectivity index is 1.70. The average molecular weight is 460 g/mol. The predicted octanol–water partition coefficient (Wildman–Crippen LogP) is 4.50. The van der Waals surface area contributed by atoms with E-state index in [-0.39, 0.29) is 11.3 Å². The monoisotopic (exact) mass is 459 g/mol. The molecule has 1 fully saturated rings. The van der Waals surface area contributed by atoms with Gasteiger partial charge in [0, 0.05) is 30.1 Å². The molecule has 9 heteroatoms. The van der Waals surface area contributed by atoms with Gasteiger partial charge in [-0.1, -0.05) is 6.92 Å². The van der Waals surface area contributed by atoms with Crippen LogP contribution in [0.4, 0.5) is 20.2 Å². The van der Waals surface area contributed by atoms with Crippen LogP contribution in [0.2, 0.25) is 0 Å². The van der Waals surface area contributed by atoms with Crippen LogP contribution in [0.3, 0.4) is 0 Å². The lowest BCUT2D eigenvalue weighted by molar-refractivity contribution is 0.103. The van der Waals surface area contributed by atoms with Gasteiger partial charge in [0.2, 0.25) is 10.0 Å². The third kappa shape index (κ3) is 4.57. The van der Waals surface area contributed by atoms with Crippen LogP contribution in [0.5, 0.6) is 0 Å². The van der Waals surface area contributed by atoms with E-state index in [2.05, 4.69) is 9.88 Å². The van der Waals surface area contributed by atoms with Crippen molar-refractivity contribution in [3.8, 4) is 0 Å². The van der Waals surface area contributed by atoms with Crippen molar-refractivity contribution in [2.24, 2.45) is 0 Å². The summed E-state index contributed by atoms with van der Waals surface area (Å²) >= 11 is 0. The van der Waals surface area contributed by atoms with Crippen molar-refractivity contribution in [1.29, 1.82) is 0 Å². The molecule has 1 saturated heterocycles. The van der Waals surface area contributed by atoms with E-state index < -0.39 is 38.7 Å². The average Bonchev–Trinajstić information content (AvgIpc) is 3.29. The molecule has 32 heavy (non-hydrogen) atoms. The number of pyridine rings is 1. The van der Waals surface area contributed by atoms with Gasteiger partial charge in [-0.3, -0.25) is 14.5 Å². The summed E-state index contributed by atoms with van der Waals surface area (Å²) in [4.78, 5) is 19.7. The molecule has 0 spiro atoms. The second-order valence-corrected chi connectivity index (χ2v) is 9.70. The fourth-order valence-corrected chi connectivity index (χ4v) is 5.00. The maximum atomic E-state index is 15.0. The minimum Gasteiger partial charge on any atom is -0.370 e. The van der Waals surface area contributed by atoms with Gasteiger partial charge in [0.1, 0.15) is 5.82 Å². The minimum atomic E-state index is -3.85.